The van der Waals surface area contributed by atoms with E-state index in [2.05, 4.69) is 10.2 Å². The van der Waals surface area contributed by atoms with Gasteiger partial charge in [-0.2, -0.15) is 13.2 Å². The van der Waals surface area contributed by atoms with E-state index in [1.165, 1.54) is 7.11 Å². The van der Waals surface area contributed by atoms with Crippen LogP contribution in [0.5, 0.6) is 5.75 Å². The lowest BCUT2D eigenvalue weighted by molar-refractivity contribution is -0.175. The number of hydrogen-bond donors (Lipinski definition) is 2. The number of benzene rings is 1. The van der Waals surface area contributed by atoms with E-state index in [1.807, 2.05) is 0 Å². The highest BCUT2D eigenvalue weighted by molar-refractivity contribution is 5.30. The Morgan fingerprint density at radius 3 is 2.67 bits per heavy atom. The molecule has 0 radical (unpaired) electrons. The van der Waals surface area contributed by atoms with Gasteiger partial charge in [0.15, 0.2) is 0 Å². The summed E-state index contributed by atoms with van der Waals surface area (Å²) in [5.41, 5.74) is 3.10. The van der Waals surface area contributed by atoms with E-state index in [9.17, 15) is 13.2 Å². The Hall–Kier alpha value is -1.31. The highest BCUT2D eigenvalue weighted by atomic mass is 19.4. The van der Waals surface area contributed by atoms with Gasteiger partial charge >= 0.3 is 6.18 Å². The van der Waals surface area contributed by atoms with Crippen molar-refractivity contribution in [3.63, 3.8) is 0 Å². The van der Waals surface area contributed by atoms with Gasteiger partial charge in [0.2, 0.25) is 0 Å². The van der Waals surface area contributed by atoms with Gasteiger partial charge in [-0.15, -0.1) is 0 Å². The van der Waals surface area contributed by atoms with Crippen LogP contribution >= 0.6 is 0 Å². The Morgan fingerprint density at radius 2 is 2.11 bits per heavy atom. The Kier molecular flexibility index (Phi) is 5.39. The maximum atomic E-state index is 11.9. The molecule has 4 nitrogen and oxygen atoms in total. The van der Waals surface area contributed by atoms with Crippen molar-refractivity contribution in [2.24, 2.45) is 5.84 Å². The smallest absolute Gasteiger partial charge is 0.411 e. The average molecular weight is 264 g/mol. The number of ether oxygens (including phenoxy) is 2. The normalized spacial score (nSPS) is 13.4. The van der Waals surface area contributed by atoms with Gasteiger partial charge in [0.1, 0.15) is 12.4 Å². The molecule has 0 saturated carbocycles. The summed E-state index contributed by atoms with van der Waals surface area (Å²) in [5.74, 6) is 5.89. The summed E-state index contributed by atoms with van der Waals surface area (Å²) in [4.78, 5) is 0. The van der Waals surface area contributed by atoms with Crippen LogP contribution in [0.25, 0.3) is 0 Å². The lowest BCUT2D eigenvalue weighted by Gasteiger charge is -2.17. The number of alkyl halides is 3. The largest absolute Gasteiger partial charge is 0.497 e. The molecular weight excluding hydrogens is 249 g/mol. The van der Waals surface area contributed by atoms with Gasteiger partial charge in [0.05, 0.1) is 19.8 Å². The minimum Gasteiger partial charge on any atom is -0.497 e. The second kappa shape index (κ2) is 6.58. The van der Waals surface area contributed by atoms with E-state index in [-0.39, 0.29) is 6.61 Å². The van der Waals surface area contributed by atoms with Crippen molar-refractivity contribution in [3.8, 4) is 5.75 Å². The van der Waals surface area contributed by atoms with Crippen LogP contribution in [0.2, 0.25) is 0 Å². The summed E-state index contributed by atoms with van der Waals surface area (Å²) in [5, 5.41) is 0. The van der Waals surface area contributed by atoms with Crippen molar-refractivity contribution in [1.82, 2.24) is 5.43 Å². The predicted octanol–water partition coefficient (Wildman–Crippen LogP) is 1.78. The zero-order chi connectivity index (χ0) is 13.6. The average Bonchev–Trinajstić information content (AvgIpc) is 2.33. The predicted molar refractivity (Wildman–Crippen MR) is 59.9 cm³/mol. The Morgan fingerprint density at radius 1 is 1.39 bits per heavy atom. The third-order valence-electron chi connectivity index (χ3n) is 2.25. The Balaban J connectivity index is 2.59. The molecule has 1 atom stereocenters. The standard InChI is InChI=1S/C11H15F3N2O2/c1-17-9-4-2-3-8(5-9)10(16-15)6-18-7-11(12,13)14/h2-5,10,16H,6-7,15H2,1H3. The number of nitrogens with one attached hydrogen (secondary N) is 1. The van der Waals surface area contributed by atoms with E-state index < -0.39 is 18.8 Å². The van der Waals surface area contributed by atoms with E-state index in [0.717, 1.165) is 0 Å². The zero-order valence-corrected chi connectivity index (χ0v) is 9.83. The quantitative estimate of drug-likeness (QED) is 0.607. The topological polar surface area (TPSA) is 56.5 Å². The van der Waals surface area contributed by atoms with Gasteiger partial charge in [0, 0.05) is 0 Å². The molecule has 0 aliphatic heterocycles. The van der Waals surface area contributed by atoms with Gasteiger partial charge < -0.3 is 9.47 Å². The molecule has 18 heavy (non-hydrogen) atoms. The number of methoxy groups -OCH3 is 1. The molecule has 1 aromatic rings. The lowest BCUT2D eigenvalue weighted by Crippen LogP contribution is -2.32. The summed E-state index contributed by atoms with van der Waals surface area (Å²) < 4.78 is 45.4. The zero-order valence-electron chi connectivity index (χ0n) is 9.83. The molecule has 0 saturated heterocycles. The minimum atomic E-state index is -4.34. The van der Waals surface area contributed by atoms with Crippen LogP contribution < -0.4 is 16.0 Å². The summed E-state index contributed by atoms with van der Waals surface area (Å²) in [6.45, 7) is -1.47. The van der Waals surface area contributed by atoms with Crippen molar-refractivity contribution in [2.45, 2.75) is 12.2 Å². The maximum Gasteiger partial charge on any atom is 0.411 e. The molecule has 102 valence electrons. The first kappa shape index (κ1) is 14.7. The fourth-order valence-corrected chi connectivity index (χ4v) is 1.39. The molecule has 0 aromatic heterocycles. The van der Waals surface area contributed by atoms with Crippen LogP contribution in [0, 0.1) is 0 Å². The molecule has 1 aromatic carbocycles. The molecule has 0 aliphatic carbocycles. The molecule has 1 unspecified atom stereocenters. The summed E-state index contributed by atoms with van der Waals surface area (Å²) in [6.07, 6.45) is -4.34. The first-order chi connectivity index (χ1) is 8.46. The molecule has 3 N–H and O–H groups in total. The molecular formula is C11H15F3N2O2. The third-order valence-corrected chi connectivity index (χ3v) is 2.25. The van der Waals surface area contributed by atoms with Crippen molar-refractivity contribution in [1.29, 1.82) is 0 Å². The van der Waals surface area contributed by atoms with Crippen LogP contribution in [-0.4, -0.2) is 26.5 Å². The number of hydrogen-bond acceptors (Lipinski definition) is 4. The molecule has 7 heteroatoms. The Labute approximate surface area is 103 Å². The lowest BCUT2D eigenvalue weighted by atomic mass is 10.1. The SMILES string of the molecule is COc1cccc(C(COCC(F)(F)F)NN)c1. The first-order valence-electron chi connectivity index (χ1n) is 5.21. The molecule has 0 fully saturated rings. The van der Waals surface area contributed by atoms with E-state index in [4.69, 9.17) is 10.6 Å². The van der Waals surface area contributed by atoms with Gasteiger partial charge in [-0.1, -0.05) is 12.1 Å². The number of nitrogens with two attached hydrogens (primary N) is 1. The fraction of sp³-hybridized carbons (Fsp3) is 0.455. The van der Waals surface area contributed by atoms with Crippen LogP contribution in [0.15, 0.2) is 24.3 Å². The van der Waals surface area contributed by atoms with Gasteiger partial charge in [0.25, 0.3) is 0 Å². The van der Waals surface area contributed by atoms with E-state index in [1.54, 1.807) is 24.3 Å². The van der Waals surface area contributed by atoms with Crippen LogP contribution in [0.3, 0.4) is 0 Å². The minimum absolute atomic E-state index is 0.177. The van der Waals surface area contributed by atoms with E-state index >= 15 is 0 Å². The van der Waals surface area contributed by atoms with Crippen molar-refractivity contribution < 1.29 is 22.6 Å². The van der Waals surface area contributed by atoms with Crippen molar-refractivity contribution in [3.05, 3.63) is 29.8 Å². The van der Waals surface area contributed by atoms with E-state index in [0.29, 0.717) is 11.3 Å². The maximum absolute atomic E-state index is 11.9. The van der Waals surface area contributed by atoms with Crippen LogP contribution in [-0.2, 0) is 4.74 Å². The number of halogens is 3. The van der Waals surface area contributed by atoms with Crippen molar-refractivity contribution >= 4 is 0 Å². The highest BCUT2D eigenvalue weighted by Crippen LogP contribution is 2.20. The van der Waals surface area contributed by atoms with Gasteiger partial charge in [-0.25, -0.2) is 0 Å². The first-order valence-corrected chi connectivity index (χ1v) is 5.21. The van der Waals surface area contributed by atoms with Crippen molar-refractivity contribution in [2.75, 3.05) is 20.3 Å². The molecule has 0 aliphatic rings. The number of hydrazine groups is 1. The molecule has 0 bridgehead atoms. The molecule has 0 heterocycles. The van der Waals surface area contributed by atoms with Crippen LogP contribution in [0.4, 0.5) is 13.2 Å². The highest BCUT2D eigenvalue weighted by Gasteiger charge is 2.28. The second-order valence-corrected chi connectivity index (χ2v) is 3.63. The Bertz CT molecular complexity index is 372. The fourth-order valence-electron chi connectivity index (χ4n) is 1.39. The second-order valence-electron chi connectivity index (χ2n) is 3.63. The third kappa shape index (κ3) is 4.91. The summed E-state index contributed by atoms with van der Waals surface area (Å²) in [7, 11) is 1.50. The summed E-state index contributed by atoms with van der Waals surface area (Å²) >= 11 is 0. The molecule has 1 rings (SSSR count). The number of rotatable bonds is 6. The van der Waals surface area contributed by atoms with Gasteiger partial charge in [-0.3, -0.25) is 11.3 Å². The van der Waals surface area contributed by atoms with Crippen LogP contribution in [0.1, 0.15) is 11.6 Å². The molecule has 0 amide bonds. The monoisotopic (exact) mass is 264 g/mol. The molecule has 0 spiro atoms. The summed E-state index contributed by atoms with van der Waals surface area (Å²) in [6, 6.07) is 6.34. The van der Waals surface area contributed by atoms with Gasteiger partial charge in [-0.05, 0) is 17.7 Å².